The second-order valence-corrected chi connectivity index (χ2v) is 3.91. The summed E-state index contributed by atoms with van der Waals surface area (Å²) in [6, 6.07) is 0. The molecule has 0 aromatic heterocycles. The summed E-state index contributed by atoms with van der Waals surface area (Å²) in [6.07, 6.45) is 5.19. The van der Waals surface area contributed by atoms with E-state index in [1.165, 1.54) is 32.5 Å². The molecular formula is C11H19NO2. The van der Waals surface area contributed by atoms with Crippen molar-refractivity contribution in [2.75, 3.05) is 19.6 Å². The topological polar surface area (TPSA) is 40.3 Å². The van der Waals surface area contributed by atoms with Gasteiger partial charge in [0.25, 0.3) is 0 Å². The zero-order valence-electron chi connectivity index (χ0n) is 8.67. The number of unbranched alkanes of at least 4 members (excludes halogenated alkanes) is 3. The third-order valence-corrected chi connectivity index (χ3v) is 2.55. The average molecular weight is 197 g/mol. The second-order valence-electron chi connectivity index (χ2n) is 3.91. The molecule has 0 bridgehead atoms. The first-order chi connectivity index (χ1) is 6.70. The Bertz CT molecular complexity index is 209. The number of carbonyl (C=O) groups is 1. The van der Waals surface area contributed by atoms with Gasteiger partial charge in [-0.2, -0.15) is 0 Å². The van der Waals surface area contributed by atoms with Crippen LogP contribution in [0.15, 0.2) is 12.2 Å². The predicted octanol–water partition coefficient (Wildman–Crippen LogP) is 1.89. The van der Waals surface area contributed by atoms with Crippen molar-refractivity contribution in [2.45, 2.75) is 32.1 Å². The number of rotatable bonds is 8. The number of carboxylic acids is 1. The van der Waals surface area contributed by atoms with Crippen molar-refractivity contribution >= 4 is 5.97 Å². The molecule has 80 valence electrons. The minimum atomic E-state index is -0.853. The standard InChI is InChI=1S/C11H19NO2/c1-10(11(13)14)6-4-2-3-5-7-12-8-9-12/h1-9H2,(H,13,14). The maximum atomic E-state index is 10.4. The fraction of sp³-hybridized carbons (Fsp3) is 0.727. The zero-order valence-corrected chi connectivity index (χ0v) is 8.67. The third kappa shape index (κ3) is 5.02. The molecule has 0 atom stereocenters. The lowest BCUT2D eigenvalue weighted by atomic mass is 10.1. The lowest BCUT2D eigenvalue weighted by Gasteiger charge is -2.02. The summed E-state index contributed by atoms with van der Waals surface area (Å²) in [5, 5.41) is 8.56. The van der Waals surface area contributed by atoms with Gasteiger partial charge in [0.1, 0.15) is 0 Å². The third-order valence-electron chi connectivity index (χ3n) is 2.55. The number of carboxylic acid groups (broad SMARTS) is 1. The Morgan fingerprint density at radius 1 is 1.21 bits per heavy atom. The Morgan fingerprint density at radius 3 is 2.43 bits per heavy atom. The summed E-state index contributed by atoms with van der Waals surface area (Å²) >= 11 is 0. The van der Waals surface area contributed by atoms with Crippen molar-refractivity contribution < 1.29 is 9.90 Å². The Morgan fingerprint density at radius 2 is 1.86 bits per heavy atom. The first-order valence-electron chi connectivity index (χ1n) is 5.33. The molecule has 0 amide bonds. The van der Waals surface area contributed by atoms with Crippen LogP contribution in [0.25, 0.3) is 0 Å². The van der Waals surface area contributed by atoms with Crippen LogP contribution >= 0.6 is 0 Å². The van der Waals surface area contributed by atoms with E-state index in [4.69, 9.17) is 5.11 Å². The van der Waals surface area contributed by atoms with Gasteiger partial charge in [-0.1, -0.05) is 19.4 Å². The monoisotopic (exact) mass is 197 g/mol. The summed E-state index contributed by atoms with van der Waals surface area (Å²) in [4.78, 5) is 12.8. The van der Waals surface area contributed by atoms with Crippen molar-refractivity contribution in [1.82, 2.24) is 4.90 Å². The molecule has 0 aromatic rings. The predicted molar refractivity (Wildman–Crippen MR) is 56.3 cm³/mol. The summed E-state index contributed by atoms with van der Waals surface area (Å²) in [7, 11) is 0. The van der Waals surface area contributed by atoms with Gasteiger partial charge in [0.2, 0.25) is 0 Å². The van der Waals surface area contributed by atoms with Gasteiger partial charge in [0.05, 0.1) is 0 Å². The highest BCUT2D eigenvalue weighted by atomic mass is 16.4. The summed E-state index contributed by atoms with van der Waals surface area (Å²) in [5.41, 5.74) is 0.343. The van der Waals surface area contributed by atoms with Gasteiger partial charge >= 0.3 is 5.97 Å². The van der Waals surface area contributed by atoms with E-state index in [1.54, 1.807) is 0 Å². The van der Waals surface area contributed by atoms with Crippen LogP contribution in [0.1, 0.15) is 32.1 Å². The van der Waals surface area contributed by atoms with Crippen LogP contribution in [-0.2, 0) is 4.79 Å². The molecule has 1 rings (SSSR count). The summed E-state index contributed by atoms with van der Waals surface area (Å²) in [5.74, 6) is -0.853. The molecular weight excluding hydrogens is 178 g/mol. The van der Waals surface area contributed by atoms with Crippen molar-refractivity contribution in [3.05, 3.63) is 12.2 Å². The average Bonchev–Trinajstić information content (AvgIpc) is 2.94. The molecule has 3 nitrogen and oxygen atoms in total. The van der Waals surface area contributed by atoms with Gasteiger partial charge in [-0.15, -0.1) is 0 Å². The van der Waals surface area contributed by atoms with Crippen LogP contribution in [-0.4, -0.2) is 35.6 Å². The van der Waals surface area contributed by atoms with E-state index in [2.05, 4.69) is 11.5 Å². The molecule has 0 radical (unpaired) electrons. The molecule has 0 spiro atoms. The fourth-order valence-corrected chi connectivity index (χ4v) is 1.43. The highest BCUT2D eigenvalue weighted by Gasteiger charge is 2.15. The van der Waals surface area contributed by atoms with Crippen LogP contribution in [0, 0.1) is 0 Å². The Balaban J connectivity index is 1.83. The summed E-state index contributed by atoms with van der Waals surface area (Å²) in [6.45, 7) is 7.27. The Hall–Kier alpha value is -0.830. The van der Waals surface area contributed by atoms with Gasteiger partial charge < -0.3 is 10.0 Å². The molecule has 1 fully saturated rings. The van der Waals surface area contributed by atoms with Crippen molar-refractivity contribution in [2.24, 2.45) is 0 Å². The minimum Gasteiger partial charge on any atom is -0.478 e. The molecule has 1 saturated heterocycles. The van der Waals surface area contributed by atoms with Crippen molar-refractivity contribution in [3.8, 4) is 0 Å². The molecule has 1 N–H and O–H groups in total. The van der Waals surface area contributed by atoms with Crippen LogP contribution in [0.2, 0.25) is 0 Å². The fourth-order valence-electron chi connectivity index (χ4n) is 1.43. The number of aliphatic carboxylic acids is 1. The van der Waals surface area contributed by atoms with Gasteiger partial charge in [0.15, 0.2) is 0 Å². The Labute approximate surface area is 85.4 Å². The second kappa shape index (κ2) is 5.81. The molecule has 0 aromatic carbocycles. The SMILES string of the molecule is C=C(CCCCCCN1CC1)C(=O)O. The van der Waals surface area contributed by atoms with Gasteiger partial charge in [0, 0.05) is 18.7 Å². The van der Waals surface area contributed by atoms with E-state index in [9.17, 15) is 4.79 Å². The molecule has 0 saturated carbocycles. The van der Waals surface area contributed by atoms with Crippen LogP contribution in [0.4, 0.5) is 0 Å². The van der Waals surface area contributed by atoms with Crippen molar-refractivity contribution in [1.29, 1.82) is 0 Å². The van der Waals surface area contributed by atoms with Crippen LogP contribution < -0.4 is 0 Å². The highest BCUT2D eigenvalue weighted by molar-refractivity contribution is 5.85. The maximum Gasteiger partial charge on any atom is 0.330 e. The summed E-state index contributed by atoms with van der Waals surface area (Å²) < 4.78 is 0. The van der Waals surface area contributed by atoms with Crippen LogP contribution in [0.5, 0.6) is 0 Å². The highest BCUT2D eigenvalue weighted by Crippen LogP contribution is 2.11. The van der Waals surface area contributed by atoms with E-state index in [0.29, 0.717) is 12.0 Å². The first kappa shape index (κ1) is 11.2. The first-order valence-corrected chi connectivity index (χ1v) is 5.33. The molecule has 1 aliphatic rings. The van der Waals surface area contributed by atoms with Crippen molar-refractivity contribution in [3.63, 3.8) is 0 Å². The van der Waals surface area contributed by atoms with E-state index in [1.807, 2.05) is 0 Å². The maximum absolute atomic E-state index is 10.4. The molecule has 1 heterocycles. The number of nitrogens with zero attached hydrogens (tertiary/aromatic N) is 1. The quantitative estimate of drug-likeness (QED) is 0.367. The van der Waals surface area contributed by atoms with E-state index >= 15 is 0 Å². The molecule has 0 unspecified atom stereocenters. The zero-order chi connectivity index (χ0) is 10.4. The molecule has 0 aliphatic carbocycles. The molecule has 14 heavy (non-hydrogen) atoms. The number of hydrogen-bond donors (Lipinski definition) is 1. The largest absolute Gasteiger partial charge is 0.478 e. The van der Waals surface area contributed by atoms with E-state index in [-0.39, 0.29) is 0 Å². The lowest BCUT2D eigenvalue weighted by molar-refractivity contribution is -0.132. The lowest BCUT2D eigenvalue weighted by Crippen LogP contribution is -2.00. The molecule has 3 heteroatoms. The van der Waals surface area contributed by atoms with Gasteiger partial charge in [-0.3, -0.25) is 0 Å². The smallest absolute Gasteiger partial charge is 0.330 e. The minimum absolute atomic E-state index is 0.343. The van der Waals surface area contributed by atoms with Gasteiger partial charge in [-0.25, -0.2) is 4.79 Å². The van der Waals surface area contributed by atoms with Crippen LogP contribution in [0.3, 0.4) is 0 Å². The Kier molecular flexibility index (Phi) is 4.66. The molecule has 1 aliphatic heterocycles. The normalized spacial score (nSPS) is 15.4. The van der Waals surface area contributed by atoms with E-state index in [0.717, 1.165) is 12.8 Å². The number of hydrogen-bond acceptors (Lipinski definition) is 2. The van der Waals surface area contributed by atoms with E-state index < -0.39 is 5.97 Å². The van der Waals surface area contributed by atoms with Gasteiger partial charge in [-0.05, 0) is 25.8 Å².